The maximum atomic E-state index is 13.1. The van der Waals surface area contributed by atoms with Crippen molar-refractivity contribution in [2.75, 3.05) is 49.4 Å². The van der Waals surface area contributed by atoms with E-state index in [2.05, 4.69) is 53.7 Å². The molecule has 0 saturated carbocycles. The van der Waals surface area contributed by atoms with Gasteiger partial charge in [0.2, 0.25) is 0 Å². The quantitative estimate of drug-likeness (QED) is 0.0306. The Labute approximate surface area is 457 Å². The minimum Gasteiger partial charge on any atom is -0.453 e. The van der Waals surface area contributed by atoms with Crippen LogP contribution in [0.5, 0.6) is 0 Å². The maximum Gasteiger partial charge on any atom is 0.480 e. The SMILES string of the molecule is CNc1ccccc1C(=O)O[C@@H]1[C@H](O)[C@@H](COP(=O)(O)OP(=O)(O)NP(=O)(O)O)O[C@H]1n1cnc2c(N)ncnc21.CNc1ccccc1C(=O)O[C@H]1[C@@H](O)[C@H](n2cnc3c(N)ncnc32)O[C@@H]1COP(=O)(O)OP(=O)(O)NP(=O)(O)O. The molecule has 18 N–H and O–H groups in total. The third-order valence-electron chi connectivity index (χ3n) is 11.0. The molecule has 4 unspecified atom stereocenters. The zero-order valence-electron chi connectivity index (χ0n) is 41.4. The Balaban J connectivity index is 0.000000236. The number of carbonyl (C=O) groups is 2. The predicted octanol–water partition coefficient (Wildman–Crippen LogP) is -0.299. The minimum absolute atomic E-state index is 0.0133. The lowest BCUT2D eigenvalue weighted by molar-refractivity contribution is -0.0557. The number of ether oxygens (including phenoxy) is 4. The zero-order chi connectivity index (χ0) is 60.3. The van der Waals surface area contributed by atoms with Crippen molar-refractivity contribution in [3.8, 4) is 0 Å². The van der Waals surface area contributed by atoms with Gasteiger partial charge in [-0.15, -0.1) is 9.72 Å². The summed E-state index contributed by atoms with van der Waals surface area (Å²) in [5.41, 5.74) is 13.1. The summed E-state index contributed by atoms with van der Waals surface area (Å²) in [6.07, 6.45) is -7.60. The van der Waals surface area contributed by atoms with Gasteiger partial charge in [-0.2, -0.15) is 8.62 Å². The van der Waals surface area contributed by atoms with Gasteiger partial charge >= 0.3 is 58.6 Å². The number of nitrogens with two attached hydrogens (primary N) is 2. The first kappa shape index (κ1) is 63.9. The van der Waals surface area contributed by atoms with Crippen molar-refractivity contribution in [1.82, 2.24) is 48.8 Å². The van der Waals surface area contributed by atoms with E-state index in [0.29, 0.717) is 11.4 Å². The van der Waals surface area contributed by atoms with Crippen molar-refractivity contribution in [3.05, 3.63) is 85.0 Å². The summed E-state index contributed by atoms with van der Waals surface area (Å²) in [5, 5.41) is 27.8. The summed E-state index contributed by atoms with van der Waals surface area (Å²) in [6.45, 7) is -1.99. The van der Waals surface area contributed by atoms with Gasteiger partial charge < -0.3 is 90.4 Å². The van der Waals surface area contributed by atoms with E-state index in [1.54, 1.807) is 50.5 Å². The third kappa shape index (κ3) is 15.9. The molecule has 82 heavy (non-hydrogen) atoms. The largest absolute Gasteiger partial charge is 0.480 e. The van der Waals surface area contributed by atoms with Crippen molar-refractivity contribution in [2.24, 2.45) is 0 Å². The van der Waals surface area contributed by atoms with Gasteiger partial charge in [-0.25, -0.2) is 66.9 Å². The molecule has 6 aromatic rings. The number of hydrogen-bond acceptors (Lipinski definition) is 28. The fraction of sp³-hybridized carbons (Fsp3) is 0.333. The molecule has 0 spiro atoms. The van der Waals surface area contributed by atoms with E-state index in [1.807, 2.05) is 0 Å². The number of aliphatic hydroxyl groups is 2. The predicted molar refractivity (Wildman–Crippen MR) is 273 cm³/mol. The summed E-state index contributed by atoms with van der Waals surface area (Å²) in [4.78, 5) is 126. The fourth-order valence-corrected chi connectivity index (χ4v) is 14.6. The number of anilines is 4. The second-order valence-corrected chi connectivity index (χ2v) is 26.2. The molecule has 2 fully saturated rings. The minimum atomic E-state index is -5.55. The number of nitrogens with zero attached hydrogens (tertiary/aromatic N) is 8. The number of rotatable bonds is 22. The van der Waals surface area contributed by atoms with Gasteiger partial charge in [0.25, 0.3) is 0 Å². The maximum absolute atomic E-state index is 13.1. The van der Waals surface area contributed by atoms with Crippen LogP contribution in [-0.4, -0.2) is 164 Å². The van der Waals surface area contributed by atoms with Crippen molar-refractivity contribution in [3.63, 3.8) is 0 Å². The highest BCUT2D eigenvalue weighted by molar-refractivity contribution is 7.71. The first-order valence-corrected chi connectivity index (χ1v) is 31.8. The topological polar surface area (TPSA) is 600 Å². The van der Waals surface area contributed by atoms with Gasteiger partial charge in [-0.1, -0.05) is 24.3 Å². The number of nitrogens with one attached hydrogen (secondary N) is 4. The third-order valence-corrected chi connectivity index (χ3v) is 19.5. The number of phosphoric ester groups is 2. The lowest BCUT2D eigenvalue weighted by Crippen LogP contribution is -2.38. The molecule has 2 aliphatic rings. The van der Waals surface area contributed by atoms with E-state index in [0.717, 1.165) is 22.4 Å². The van der Waals surface area contributed by atoms with Crippen molar-refractivity contribution < 1.29 is 123 Å². The molecule has 2 aliphatic heterocycles. The van der Waals surface area contributed by atoms with Crippen LogP contribution < -0.4 is 31.8 Å². The van der Waals surface area contributed by atoms with Crippen LogP contribution in [0.1, 0.15) is 33.2 Å². The van der Waals surface area contributed by atoms with Crippen LogP contribution in [0.15, 0.2) is 73.8 Å². The Morgan fingerprint density at radius 1 is 0.573 bits per heavy atom. The van der Waals surface area contributed by atoms with E-state index < -0.39 is 121 Å². The number of imidazole rings is 2. The van der Waals surface area contributed by atoms with Crippen LogP contribution in [0.3, 0.4) is 0 Å². The van der Waals surface area contributed by atoms with Gasteiger partial charge in [0.05, 0.1) is 37.0 Å². The van der Waals surface area contributed by atoms with Crippen LogP contribution in [0, 0.1) is 0 Å². The second-order valence-electron chi connectivity index (χ2n) is 16.6. The molecule has 0 radical (unpaired) electrons. The van der Waals surface area contributed by atoms with Gasteiger partial charge in [0.1, 0.15) is 48.1 Å². The number of esters is 2. The lowest BCUT2D eigenvalue weighted by Gasteiger charge is -2.22. The normalized spacial score (nSPS) is 24.0. The Morgan fingerprint density at radius 2 is 0.976 bits per heavy atom. The smallest absolute Gasteiger partial charge is 0.453 e. The Hall–Kier alpha value is -5.66. The first-order chi connectivity index (χ1) is 38.2. The van der Waals surface area contributed by atoms with E-state index in [1.165, 1.54) is 33.9 Å². The van der Waals surface area contributed by atoms with Crippen LogP contribution in [0.4, 0.5) is 23.0 Å². The monoisotopic (exact) mass is 1280 g/mol. The van der Waals surface area contributed by atoms with Crippen LogP contribution in [0.2, 0.25) is 0 Å². The number of fused-ring (bicyclic) bond motifs is 2. The standard InChI is InChI=1S/2C18H24N7O13P3/c1-20-10-5-3-2-4-9(10)18(27)37-14-11(6-35-41(33,34)38-40(31,32)24-39(28,29)30)36-17(13(14)26)25-8-23-12-15(19)21-7-22-16(12)25;1-20-10-5-3-2-4-9(10)18(27)37-14-13(26)11(6-35-41(33,34)38-40(31,32)24-39(28,29)30)36-17(14)25-8-23-12-15(19)21-7-22-16(12)25/h2*2-5,7-8,11,13-14,17,20,26H,6H2,1H3,(H,33,34)(H2,19,21,22)(H4,24,28,29,30,31,32)/t2*11-,13-,14-,17-/m11/s1. The highest BCUT2D eigenvalue weighted by atomic mass is 31.3. The molecule has 4 aromatic heterocycles. The Morgan fingerprint density at radius 3 is 1.41 bits per heavy atom. The molecule has 0 bridgehead atoms. The summed E-state index contributed by atoms with van der Waals surface area (Å²) >= 11 is 0. The Kier molecular flexibility index (Phi) is 19.7. The number of benzene rings is 2. The highest BCUT2D eigenvalue weighted by Gasteiger charge is 2.51. The average molecular weight is 1280 g/mol. The van der Waals surface area contributed by atoms with Crippen molar-refractivity contribution in [2.45, 2.75) is 49.1 Å². The molecule has 46 heteroatoms. The summed E-state index contributed by atoms with van der Waals surface area (Å²) in [7, 11) is -29.7. The number of aliphatic hydroxyl groups excluding tert-OH is 2. The molecule has 448 valence electrons. The molecule has 2 aromatic carbocycles. The van der Waals surface area contributed by atoms with Gasteiger partial charge in [0.15, 0.2) is 47.6 Å². The van der Waals surface area contributed by atoms with Crippen LogP contribution in [0.25, 0.3) is 22.3 Å². The molecule has 0 aliphatic carbocycles. The molecule has 2 saturated heterocycles. The van der Waals surface area contributed by atoms with E-state index in [-0.39, 0.29) is 45.1 Å². The molecule has 40 nitrogen and oxygen atoms in total. The van der Waals surface area contributed by atoms with Gasteiger partial charge in [-0.3, -0.25) is 18.2 Å². The van der Waals surface area contributed by atoms with E-state index in [4.69, 9.17) is 54.5 Å². The fourth-order valence-electron chi connectivity index (χ4n) is 7.71. The number of phosphoric acid groups is 2. The number of carbonyl (C=O) groups excluding carboxylic acids is 2. The Bertz CT molecular complexity index is 3630. The summed E-state index contributed by atoms with van der Waals surface area (Å²) < 4.78 is 112. The number of aromatic nitrogens is 8. The lowest BCUT2D eigenvalue weighted by atomic mass is 10.1. The van der Waals surface area contributed by atoms with Crippen LogP contribution in [-0.2, 0) is 64.0 Å². The van der Waals surface area contributed by atoms with Gasteiger partial charge in [-0.05, 0) is 24.3 Å². The molecular formula is C36H48N14O26P6. The molecule has 6 heterocycles. The van der Waals surface area contributed by atoms with E-state index >= 15 is 0 Å². The van der Waals surface area contributed by atoms with Crippen molar-refractivity contribution in [1.29, 1.82) is 0 Å². The van der Waals surface area contributed by atoms with E-state index in [9.17, 15) is 66.8 Å². The van der Waals surface area contributed by atoms with Crippen molar-refractivity contribution >= 4 is 104 Å². The number of para-hydroxylation sites is 2. The molecule has 0 amide bonds. The molecular weight excluding hydrogens is 1230 g/mol. The zero-order valence-corrected chi connectivity index (χ0v) is 46.7. The second kappa shape index (κ2) is 25.3. The average Bonchev–Trinajstić information content (AvgIpc) is 4.38. The molecule has 8 rings (SSSR count). The number of hydrogen-bond donors (Lipinski definition) is 16. The highest BCUT2D eigenvalue weighted by Crippen LogP contribution is 2.62. The summed E-state index contributed by atoms with van der Waals surface area (Å²) in [6, 6.07) is 12.6. The van der Waals surface area contributed by atoms with Gasteiger partial charge in [0, 0.05) is 25.5 Å². The molecule has 12 atom stereocenters. The summed E-state index contributed by atoms with van der Waals surface area (Å²) in [5.74, 6) is -1.78. The number of nitrogen functional groups attached to an aromatic ring is 2. The van der Waals surface area contributed by atoms with Crippen LogP contribution >= 0.6 is 46.6 Å². The first-order valence-electron chi connectivity index (χ1n) is 22.4.